The molecule has 0 spiro atoms. The molecule has 0 saturated heterocycles. The second-order valence-corrected chi connectivity index (χ2v) is 4.90. The topological polar surface area (TPSA) is 52.9 Å². The highest BCUT2D eigenvalue weighted by molar-refractivity contribution is 14.1. The molecule has 0 aliphatic heterocycles. The predicted molar refractivity (Wildman–Crippen MR) is 78.3 cm³/mol. The molecule has 0 aliphatic carbocycles. The summed E-state index contributed by atoms with van der Waals surface area (Å²) in [5, 5.41) is 11.5. The third-order valence-electron chi connectivity index (χ3n) is 2.36. The number of anilines is 1. The van der Waals surface area contributed by atoms with Crippen molar-refractivity contribution in [2.75, 3.05) is 5.32 Å². The number of nitriles is 1. The molecule has 0 aliphatic rings. The number of rotatable bonds is 2. The lowest BCUT2D eigenvalue weighted by atomic mass is 10.1. The van der Waals surface area contributed by atoms with Gasteiger partial charge < -0.3 is 5.32 Å². The first-order chi connectivity index (χ1) is 8.69. The number of amides is 1. The molecule has 0 heterocycles. The summed E-state index contributed by atoms with van der Waals surface area (Å²) < 4.78 is 1.06. The van der Waals surface area contributed by atoms with Crippen LogP contribution in [0.3, 0.4) is 0 Å². The van der Waals surface area contributed by atoms with Crippen molar-refractivity contribution in [1.82, 2.24) is 0 Å². The van der Waals surface area contributed by atoms with Crippen molar-refractivity contribution < 1.29 is 4.79 Å². The summed E-state index contributed by atoms with van der Waals surface area (Å²) >= 11 is 2.19. The molecule has 0 bridgehead atoms. The molecule has 1 amide bonds. The first kappa shape index (κ1) is 12.6. The van der Waals surface area contributed by atoms with E-state index in [0.717, 1.165) is 9.26 Å². The van der Waals surface area contributed by atoms with Gasteiger partial charge in [0.05, 0.1) is 11.6 Å². The van der Waals surface area contributed by atoms with E-state index in [1.165, 1.54) is 0 Å². The lowest BCUT2D eigenvalue weighted by Crippen LogP contribution is -2.11. The Morgan fingerprint density at radius 1 is 1.17 bits per heavy atom. The lowest BCUT2D eigenvalue weighted by molar-refractivity contribution is 0.102. The maximum atomic E-state index is 11.9. The lowest BCUT2D eigenvalue weighted by Gasteiger charge is -2.05. The quantitative estimate of drug-likeness (QED) is 0.846. The third-order valence-corrected chi connectivity index (χ3v) is 3.03. The largest absolute Gasteiger partial charge is 0.322 e. The average molecular weight is 348 g/mol. The van der Waals surface area contributed by atoms with E-state index in [9.17, 15) is 4.79 Å². The van der Waals surface area contributed by atoms with Crippen LogP contribution < -0.4 is 5.32 Å². The van der Waals surface area contributed by atoms with Gasteiger partial charge in [-0.25, -0.2) is 0 Å². The van der Waals surface area contributed by atoms with Crippen LogP contribution in [0.4, 0.5) is 5.69 Å². The van der Waals surface area contributed by atoms with Crippen molar-refractivity contribution in [3.63, 3.8) is 0 Å². The molecule has 88 valence electrons. The Morgan fingerprint density at radius 2 is 1.89 bits per heavy atom. The molecule has 0 saturated carbocycles. The Kier molecular flexibility index (Phi) is 3.95. The molecule has 0 unspecified atom stereocenters. The highest BCUT2D eigenvalue weighted by Gasteiger charge is 2.05. The molecular weight excluding hydrogens is 339 g/mol. The molecule has 0 fully saturated rings. The van der Waals surface area contributed by atoms with E-state index in [1.807, 2.05) is 30.3 Å². The highest BCUT2D eigenvalue weighted by atomic mass is 127. The first-order valence-corrected chi connectivity index (χ1v) is 6.34. The fourth-order valence-corrected chi connectivity index (χ4v) is 2.01. The van der Waals surface area contributed by atoms with E-state index in [4.69, 9.17) is 5.26 Å². The molecule has 18 heavy (non-hydrogen) atoms. The molecule has 2 aromatic rings. The maximum Gasteiger partial charge on any atom is 0.255 e. The van der Waals surface area contributed by atoms with Gasteiger partial charge in [-0.1, -0.05) is 6.07 Å². The minimum Gasteiger partial charge on any atom is -0.322 e. The number of hydrogen-bond acceptors (Lipinski definition) is 2. The Bertz CT molecular complexity index is 614. The average Bonchev–Trinajstić information content (AvgIpc) is 2.39. The van der Waals surface area contributed by atoms with Gasteiger partial charge in [-0.3, -0.25) is 4.79 Å². The standard InChI is InChI=1S/C14H9IN2O/c15-12-2-1-3-13(8-12)17-14(18)11-6-4-10(9-16)5-7-11/h1-8H,(H,17,18). The van der Waals surface area contributed by atoms with Crippen molar-refractivity contribution in [2.24, 2.45) is 0 Å². The molecular formula is C14H9IN2O. The maximum absolute atomic E-state index is 11.9. The van der Waals surface area contributed by atoms with Crippen LogP contribution in [0.2, 0.25) is 0 Å². The zero-order valence-corrected chi connectivity index (χ0v) is 11.5. The minimum atomic E-state index is -0.179. The van der Waals surface area contributed by atoms with Crippen LogP contribution in [0.1, 0.15) is 15.9 Å². The molecule has 0 atom stereocenters. The van der Waals surface area contributed by atoms with E-state index in [2.05, 4.69) is 27.9 Å². The second kappa shape index (κ2) is 5.65. The second-order valence-electron chi connectivity index (χ2n) is 3.65. The number of hydrogen-bond donors (Lipinski definition) is 1. The van der Waals surface area contributed by atoms with E-state index in [1.54, 1.807) is 24.3 Å². The molecule has 0 aromatic heterocycles. The zero-order valence-electron chi connectivity index (χ0n) is 9.35. The van der Waals surface area contributed by atoms with E-state index < -0.39 is 0 Å². The first-order valence-electron chi connectivity index (χ1n) is 5.26. The summed E-state index contributed by atoms with van der Waals surface area (Å²) in [5.74, 6) is -0.179. The number of halogens is 1. The van der Waals surface area contributed by atoms with Crippen molar-refractivity contribution in [1.29, 1.82) is 5.26 Å². The van der Waals surface area contributed by atoms with Gasteiger partial charge in [-0.05, 0) is 65.1 Å². The minimum absolute atomic E-state index is 0.179. The van der Waals surface area contributed by atoms with Gasteiger partial charge >= 0.3 is 0 Å². The molecule has 0 radical (unpaired) electrons. The fourth-order valence-electron chi connectivity index (χ4n) is 1.47. The molecule has 2 aromatic carbocycles. The Hall–Kier alpha value is -1.87. The van der Waals surface area contributed by atoms with Gasteiger partial charge in [0.1, 0.15) is 0 Å². The molecule has 1 N–H and O–H groups in total. The van der Waals surface area contributed by atoms with Crippen LogP contribution >= 0.6 is 22.6 Å². The van der Waals surface area contributed by atoms with Crippen LogP contribution in [-0.4, -0.2) is 5.91 Å². The van der Waals surface area contributed by atoms with Crippen LogP contribution in [0.25, 0.3) is 0 Å². The Balaban J connectivity index is 2.14. The SMILES string of the molecule is N#Cc1ccc(C(=O)Nc2cccc(I)c2)cc1. The van der Waals surface area contributed by atoms with Gasteiger partial charge in [-0.2, -0.15) is 5.26 Å². The predicted octanol–water partition coefficient (Wildman–Crippen LogP) is 3.42. The van der Waals surface area contributed by atoms with Crippen molar-refractivity contribution in [3.05, 3.63) is 63.2 Å². The van der Waals surface area contributed by atoms with Crippen LogP contribution in [-0.2, 0) is 0 Å². The summed E-state index contributed by atoms with van der Waals surface area (Å²) in [6, 6.07) is 16.1. The summed E-state index contributed by atoms with van der Waals surface area (Å²) in [7, 11) is 0. The van der Waals surface area contributed by atoms with Gasteiger partial charge in [0.25, 0.3) is 5.91 Å². The summed E-state index contributed by atoms with van der Waals surface area (Å²) in [6.45, 7) is 0. The van der Waals surface area contributed by atoms with Gasteiger partial charge in [0.15, 0.2) is 0 Å². The summed E-state index contributed by atoms with van der Waals surface area (Å²) in [6.07, 6.45) is 0. The van der Waals surface area contributed by atoms with Crippen LogP contribution in [0.5, 0.6) is 0 Å². The van der Waals surface area contributed by atoms with Crippen LogP contribution in [0.15, 0.2) is 48.5 Å². The van der Waals surface area contributed by atoms with E-state index in [0.29, 0.717) is 11.1 Å². The third kappa shape index (κ3) is 3.08. The summed E-state index contributed by atoms with van der Waals surface area (Å²) in [5.41, 5.74) is 1.84. The van der Waals surface area contributed by atoms with Crippen molar-refractivity contribution in [3.8, 4) is 6.07 Å². The fraction of sp³-hybridized carbons (Fsp3) is 0. The number of carbonyl (C=O) groups excluding carboxylic acids is 1. The molecule has 2 rings (SSSR count). The highest BCUT2D eigenvalue weighted by Crippen LogP contribution is 2.14. The normalized spacial score (nSPS) is 9.56. The van der Waals surface area contributed by atoms with E-state index >= 15 is 0 Å². The van der Waals surface area contributed by atoms with Gasteiger partial charge in [0, 0.05) is 14.8 Å². The summed E-state index contributed by atoms with van der Waals surface area (Å²) in [4.78, 5) is 11.9. The van der Waals surface area contributed by atoms with Gasteiger partial charge in [0.2, 0.25) is 0 Å². The monoisotopic (exact) mass is 348 g/mol. The molecule has 3 nitrogen and oxygen atoms in total. The number of nitrogens with zero attached hydrogens (tertiary/aromatic N) is 1. The zero-order chi connectivity index (χ0) is 13.0. The molecule has 4 heteroatoms. The van der Waals surface area contributed by atoms with E-state index in [-0.39, 0.29) is 5.91 Å². The Labute approximate surface area is 119 Å². The smallest absolute Gasteiger partial charge is 0.255 e. The number of carbonyl (C=O) groups is 1. The number of nitrogens with one attached hydrogen (secondary N) is 1. The van der Waals surface area contributed by atoms with Crippen LogP contribution in [0, 0.1) is 14.9 Å². The van der Waals surface area contributed by atoms with Crippen molar-refractivity contribution >= 4 is 34.2 Å². The van der Waals surface area contributed by atoms with Gasteiger partial charge in [-0.15, -0.1) is 0 Å². The number of benzene rings is 2. The van der Waals surface area contributed by atoms with Crippen molar-refractivity contribution in [2.45, 2.75) is 0 Å². The Morgan fingerprint density at radius 3 is 2.50 bits per heavy atom.